The van der Waals surface area contributed by atoms with E-state index >= 15 is 0 Å². The van der Waals surface area contributed by atoms with Gasteiger partial charge in [-0.2, -0.15) is 0 Å². The zero-order chi connectivity index (χ0) is 57.0. The van der Waals surface area contributed by atoms with Gasteiger partial charge in [-0.25, -0.2) is 0 Å². The summed E-state index contributed by atoms with van der Waals surface area (Å²) in [5.41, 5.74) is 0.256. The van der Waals surface area contributed by atoms with Crippen LogP contribution in [-0.4, -0.2) is 17.2 Å². The maximum Gasteiger partial charge on any atom is 0.179 e. The van der Waals surface area contributed by atoms with E-state index in [4.69, 9.17) is 18.1 Å². The molecule has 0 atom stereocenters. The molecule has 64 heavy (non-hydrogen) atoms. The zero-order valence-electron chi connectivity index (χ0n) is 50.6. The van der Waals surface area contributed by atoms with Crippen molar-refractivity contribution in [2.75, 3.05) is 0 Å². The van der Waals surface area contributed by atoms with Crippen LogP contribution in [0.1, 0.15) is 23.3 Å². The van der Waals surface area contributed by atoms with Gasteiger partial charge in [-0.15, -0.1) is 0 Å². The molecule has 0 saturated carbocycles. The average Bonchev–Trinajstić information content (AvgIpc) is 3.59. The number of aromatic nitrogens is 2. The zero-order valence-corrected chi connectivity index (χ0v) is 34.6. The second-order valence-electron chi connectivity index (χ2n) is 15.5. The van der Waals surface area contributed by atoms with E-state index in [9.17, 15) is 9.60 Å². The molecule has 4 heteroatoms. The van der Waals surface area contributed by atoms with Crippen LogP contribution in [0.5, 0.6) is 0 Å². The molecule has 0 aliphatic heterocycles. The number of fused-ring (bicyclic) bond motifs is 10. The van der Waals surface area contributed by atoms with E-state index in [0.29, 0.717) is 5.69 Å². The van der Waals surface area contributed by atoms with E-state index in [1.165, 1.54) is 4.57 Å². The molecular weight excluding hydrogens is 793 g/mol. The Morgan fingerprint density at radius 1 is 0.391 bits per heavy atom. The second-order valence-corrected chi connectivity index (χ2v) is 19.3. The third-order valence-corrected chi connectivity index (χ3v) is 17.1. The van der Waals surface area contributed by atoms with E-state index in [0.717, 1.165) is 36.4 Å². The van der Waals surface area contributed by atoms with Gasteiger partial charge in [0.1, 0.15) is 5.58 Å². The van der Waals surface area contributed by atoms with Gasteiger partial charge in [0.15, 0.2) is 13.7 Å². The third kappa shape index (κ3) is 5.33. The predicted molar refractivity (Wildman–Crippen MR) is 271 cm³/mol. The lowest BCUT2D eigenvalue weighted by Crippen LogP contribution is -2.74. The number of nitrogens with zero attached hydrogens (tertiary/aromatic N) is 2. The Balaban J connectivity index is 1.21. The highest BCUT2D eigenvalue weighted by atomic mass is 28.3. The summed E-state index contributed by atoms with van der Waals surface area (Å²) < 4.78 is 166. The molecule has 3 aromatic heterocycles. The van der Waals surface area contributed by atoms with Crippen LogP contribution in [0.25, 0.3) is 88.1 Å². The first-order valence-electron chi connectivity index (χ1n) is 29.1. The maximum atomic E-state index is 10.5. The molecule has 0 N–H and O–H groups in total. The molecule has 300 valence electrons. The van der Waals surface area contributed by atoms with Gasteiger partial charge in [-0.3, -0.25) is 0 Å². The smallest absolute Gasteiger partial charge is 0.179 e. The minimum Gasteiger partial charge on any atom is -0.454 e. The molecule has 0 bridgehead atoms. The largest absolute Gasteiger partial charge is 0.454 e. The summed E-state index contributed by atoms with van der Waals surface area (Å²) in [7, 11) is -3.27. The van der Waals surface area contributed by atoms with E-state index < -0.39 is 133 Å². The van der Waals surface area contributed by atoms with Crippen molar-refractivity contribution in [2.24, 2.45) is 0 Å². The lowest BCUT2D eigenvalue weighted by molar-refractivity contribution is 0.666. The summed E-state index contributed by atoms with van der Waals surface area (Å²) in [6, 6.07) is 35.4. The summed E-state index contributed by atoms with van der Waals surface area (Å²) in [5.74, 6) is 0. The molecule has 0 unspecified atom stereocenters. The van der Waals surface area contributed by atoms with Crippen LogP contribution in [0.15, 0.2) is 247 Å². The van der Waals surface area contributed by atoms with Crippen LogP contribution in [0, 0.1) is 0 Å². The van der Waals surface area contributed by atoms with Crippen molar-refractivity contribution in [2.45, 2.75) is 0 Å². The molecule has 0 fully saturated rings. The summed E-state index contributed by atoms with van der Waals surface area (Å²) in [6.45, 7) is 0. The monoisotopic (exact) mass is 849 g/mol. The topological polar surface area (TPSA) is 23.0 Å². The highest BCUT2D eigenvalue weighted by molar-refractivity contribution is 7.19. The lowest BCUT2D eigenvalue weighted by Gasteiger charge is -2.34. The van der Waals surface area contributed by atoms with Crippen LogP contribution in [0.4, 0.5) is 0 Å². The molecule has 0 aliphatic rings. The van der Waals surface area contributed by atoms with Crippen molar-refractivity contribution in [3.63, 3.8) is 0 Å². The standard InChI is InChI=1S/C60H40N2OSi/c1-4-18-41(19-5-1)42-32-36-46(37-33-42)64(44-20-6-2-7-21-44,45-22-8-3-9-23-45)47-38-34-43(35-39-47)61-53-28-14-12-26-50(53)52-40-56(60-58(59(52)61)51-27-13-17-31-57(51)63-60)62-54-29-15-10-24-48(54)49-25-11-16-30-55(49)62/h1-40H/i10D,11D,12D,13D,14D,15D,16D,17D,24D,25D,26D,27D,28D,29D,30D,31D,40D. The number of hydrogen-bond acceptors (Lipinski definition) is 1. The van der Waals surface area contributed by atoms with Gasteiger partial charge in [0.05, 0.1) is 56.4 Å². The van der Waals surface area contributed by atoms with Gasteiger partial charge in [0.2, 0.25) is 0 Å². The Morgan fingerprint density at radius 3 is 1.41 bits per heavy atom. The Morgan fingerprint density at radius 2 is 0.828 bits per heavy atom. The molecule has 0 saturated heterocycles. The minimum absolute atomic E-state index is 0.0343. The van der Waals surface area contributed by atoms with Crippen LogP contribution >= 0.6 is 0 Å². The van der Waals surface area contributed by atoms with Crippen molar-refractivity contribution in [3.05, 3.63) is 242 Å². The molecule has 13 aromatic rings. The van der Waals surface area contributed by atoms with Crippen LogP contribution in [0.2, 0.25) is 0 Å². The van der Waals surface area contributed by atoms with Gasteiger partial charge in [0, 0.05) is 32.6 Å². The third-order valence-electron chi connectivity index (χ3n) is 12.3. The SMILES string of the molecule is [2H]c1c([2H])c([2H])c2c(oc3c(-n4c5c([2H])c([2H])c([2H])c([2H])c5c5c([2H])c([2H])c([2H])c([2H])c54)c([2H])c4c5c([2H])c([2H])c([2H])c([2H])c5n(-c5ccc([Si](c6ccccc6)(c6ccccc6)c6ccc(-c7ccccc7)cc6)cc5)c4c32)c1[2H]. The quantitative estimate of drug-likeness (QED) is 0.116. The fourth-order valence-electron chi connectivity index (χ4n) is 9.58. The number of para-hydroxylation sites is 4. The average molecular weight is 850 g/mol. The fourth-order valence-corrected chi connectivity index (χ4v) is 14.3. The number of benzene rings is 10. The normalized spacial score (nSPS) is 15.8. The lowest BCUT2D eigenvalue weighted by atomic mass is 10.1. The van der Waals surface area contributed by atoms with Gasteiger partial charge in [-0.05, 0) is 74.2 Å². The van der Waals surface area contributed by atoms with E-state index in [1.54, 1.807) is 0 Å². The van der Waals surface area contributed by atoms with Gasteiger partial charge >= 0.3 is 0 Å². The highest BCUT2D eigenvalue weighted by Crippen LogP contribution is 2.45. The molecule has 0 amide bonds. The van der Waals surface area contributed by atoms with Gasteiger partial charge < -0.3 is 13.6 Å². The number of hydrogen-bond donors (Lipinski definition) is 0. The molecule has 3 heterocycles. The first-order chi connectivity index (χ1) is 38.8. The van der Waals surface area contributed by atoms with E-state index in [-0.39, 0.29) is 48.9 Å². The first-order valence-corrected chi connectivity index (χ1v) is 22.6. The molecule has 10 aromatic carbocycles. The fraction of sp³-hybridized carbons (Fsp3) is 0. The maximum absolute atomic E-state index is 10.5. The van der Waals surface area contributed by atoms with Gasteiger partial charge in [-0.1, -0.05) is 200 Å². The van der Waals surface area contributed by atoms with E-state index in [1.807, 2.05) is 78.9 Å². The van der Waals surface area contributed by atoms with Crippen LogP contribution in [-0.2, 0) is 0 Å². The Kier molecular flexibility index (Phi) is 5.26. The molecular formula is C60H40N2OSi. The van der Waals surface area contributed by atoms with E-state index in [2.05, 4.69) is 60.7 Å². The Hall–Kier alpha value is -8.18. The minimum atomic E-state index is -3.27. The van der Waals surface area contributed by atoms with Crippen LogP contribution < -0.4 is 20.7 Å². The van der Waals surface area contributed by atoms with Gasteiger partial charge in [0.25, 0.3) is 0 Å². The van der Waals surface area contributed by atoms with Crippen molar-refractivity contribution >= 4 is 94.4 Å². The summed E-state index contributed by atoms with van der Waals surface area (Å²) in [4.78, 5) is 0. The molecule has 0 aliphatic carbocycles. The van der Waals surface area contributed by atoms with Crippen molar-refractivity contribution in [1.82, 2.24) is 9.13 Å². The highest BCUT2D eigenvalue weighted by Gasteiger charge is 2.41. The predicted octanol–water partition coefficient (Wildman–Crippen LogP) is 12.8. The second kappa shape index (κ2) is 14.5. The molecule has 0 radical (unpaired) electrons. The summed E-state index contributed by atoms with van der Waals surface area (Å²) in [5, 5.41) is 2.75. The molecule has 13 rings (SSSR count). The van der Waals surface area contributed by atoms with Crippen molar-refractivity contribution in [1.29, 1.82) is 0 Å². The van der Waals surface area contributed by atoms with Crippen LogP contribution in [0.3, 0.4) is 0 Å². The first kappa shape index (κ1) is 23.3. The van der Waals surface area contributed by atoms with Crippen molar-refractivity contribution in [3.8, 4) is 22.5 Å². The van der Waals surface area contributed by atoms with Crippen molar-refractivity contribution < 1.29 is 27.7 Å². The Labute approximate surface area is 395 Å². The number of rotatable bonds is 7. The summed E-state index contributed by atoms with van der Waals surface area (Å²) in [6.07, 6.45) is 0. The summed E-state index contributed by atoms with van der Waals surface area (Å²) >= 11 is 0. The molecule has 3 nitrogen and oxygen atoms in total. The molecule has 0 spiro atoms. The Bertz CT molecular complexity index is 4760. The number of furan rings is 1.